The zero-order valence-electron chi connectivity index (χ0n) is 10.1. The standard InChI is InChI=1S/C12H15N3O2S/c1-18(16,17)7-6-15-11-3-2-9-8-14-5-4-10(9)12(11)13/h2-5,8,15H,6-7,13H2,1H3. The average molecular weight is 265 g/mol. The van der Waals surface area contributed by atoms with Crippen molar-refractivity contribution in [3.8, 4) is 0 Å². The molecule has 0 radical (unpaired) electrons. The van der Waals surface area contributed by atoms with Crippen molar-refractivity contribution in [3.63, 3.8) is 0 Å². The third-order valence-electron chi connectivity index (χ3n) is 2.65. The molecule has 1 aromatic heterocycles. The van der Waals surface area contributed by atoms with Crippen LogP contribution >= 0.6 is 0 Å². The molecule has 0 spiro atoms. The van der Waals surface area contributed by atoms with Crippen molar-refractivity contribution in [2.75, 3.05) is 29.6 Å². The van der Waals surface area contributed by atoms with E-state index >= 15 is 0 Å². The van der Waals surface area contributed by atoms with Gasteiger partial charge in [0.25, 0.3) is 0 Å². The lowest BCUT2D eigenvalue weighted by atomic mass is 10.1. The second kappa shape index (κ2) is 4.81. The van der Waals surface area contributed by atoms with Crippen LogP contribution in [0.1, 0.15) is 0 Å². The predicted molar refractivity (Wildman–Crippen MR) is 74.4 cm³/mol. The number of hydrogen-bond donors (Lipinski definition) is 2. The minimum atomic E-state index is -2.96. The molecule has 0 saturated heterocycles. The van der Waals surface area contributed by atoms with E-state index < -0.39 is 9.84 Å². The number of benzene rings is 1. The molecule has 0 atom stereocenters. The Morgan fingerprint density at radius 2 is 2.11 bits per heavy atom. The van der Waals surface area contributed by atoms with Crippen molar-refractivity contribution in [2.24, 2.45) is 0 Å². The Morgan fingerprint density at radius 1 is 1.33 bits per heavy atom. The van der Waals surface area contributed by atoms with Crippen LogP contribution < -0.4 is 11.1 Å². The molecular weight excluding hydrogens is 250 g/mol. The van der Waals surface area contributed by atoms with Crippen LogP contribution in [0.5, 0.6) is 0 Å². The number of fused-ring (bicyclic) bond motifs is 1. The number of pyridine rings is 1. The lowest BCUT2D eigenvalue weighted by Crippen LogP contribution is -2.14. The van der Waals surface area contributed by atoms with Crippen LogP contribution in [0.15, 0.2) is 30.6 Å². The Morgan fingerprint density at radius 3 is 2.83 bits per heavy atom. The molecule has 0 amide bonds. The summed E-state index contributed by atoms with van der Waals surface area (Å²) in [4.78, 5) is 4.02. The minimum absolute atomic E-state index is 0.0841. The van der Waals surface area contributed by atoms with E-state index in [1.54, 1.807) is 12.4 Å². The van der Waals surface area contributed by atoms with Gasteiger partial charge < -0.3 is 11.1 Å². The first-order valence-corrected chi connectivity index (χ1v) is 7.57. The van der Waals surface area contributed by atoms with Crippen LogP contribution in [0.2, 0.25) is 0 Å². The Bertz CT molecular complexity index is 668. The minimum Gasteiger partial charge on any atom is -0.397 e. The maximum atomic E-state index is 11.0. The van der Waals surface area contributed by atoms with E-state index in [0.29, 0.717) is 12.2 Å². The number of nitrogens with zero attached hydrogens (tertiary/aromatic N) is 1. The number of aromatic nitrogens is 1. The number of rotatable bonds is 4. The fraction of sp³-hybridized carbons (Fsp3) is 0.250. The lowest BCUT2D eigenvalue weighted by molar-refractivity contribution is 0.602. The van der Waals surface area contributed by atoms with Crippen molar-refractivity contribution < 1.29 is 8.42 Å². The second-order valence-electron chi connectivity index (χ2n) is 4.18. The first-order chi connectivity index (χ1) is 8.47. The number of nitrogens with two attached hydrogens (primary N) is 1. The van der Waals surface area contributed by atoms with E-state index in [1.807, 2.05) is 18.2 Å². The number of sulfone groups is 1. The lowest BCUT2D eigenvalue weighted by Gasteiger charge is -2.11. The second-order valence-corrected chi connectivity index (χ2v) is 6.44. The molecule has 3 N–H and O–H groups in total. The first-order valence-electron chi connectivity index (χ1n) is 5.51. The maximum Gasteiger partial charge on any atom is 0.149 e. The highest BCUT2D eigenvalue weighted by Crippen LogP contribution is 2.27. The molecule has 0 fully saturated rings. The van der Waals surface area contributed by atoms with Gasteiger partial charge in [-0.05, 0) is 12.1 Å². The molecule has 0 aliphatic heterocycles. The maximum absolute atomic E-state index is 11.0. The van der Waals surface area contributed by atoms with Crippen molar-refractivity contribution >= 4 is 32.0 Å². The largest absolute Gasteiger partial charge is 0.397 e. The van der Waals surface area contributed by atoms with Crippen LogP contribution in [-0.4, -0.2) is 32.0 Å². The van der Waals surface area contributed by atoms with Crippen molar-refractivity contribution in [1.82, 2.24) is 4.98 Å². The number of nitrogen functional groups attached to an aromatic ring is 1. The zero-order chi connectivity index (χ0) is 13.2. The van der Waals surface area contributed by atoms with Crippen molar-refractivity contribution in [1.29, 1.82) is 0 Å². The molecule has 1 aromatic carbocycles. The highest BCUT2D eigenvalue weighted by atomic mass is 32.2. The van der Waals surface area contributed by atoms with E-state index in [1.165, 1.54) is 6.26 Å². The summed E-state index contributed by atoms with van der Waals surface area (Å²) in [6, 6.07) is 5.58. The van der Waals surface area contributed by atoms with Gasteiger partial charge in [0.05, 0.1) is 17.1 Å². The Balaban J connectivity index is 2.22. The normalized spacial score (nSPS) is 11.6. The third kappa shape index (κ3) is 2.89. The van der Waals surface area contributed by atoms with Gasteiger partial charge in [-0.3, -0.25) is 4.98 Å². The first kappa shape index (κ1) is 12.6. The van der Waals surface area contributed by atoms with Crippen LogP contribution in [-0.2, 0) is 9.84 Å². The average Bonchev–Trinajstić information content (AvgIpc) is 2.31. The zero-order valence-corrected chi connectivity index (χ0v) is 10.9. The summed E-state index contributed by atoms with van der Waals surface area (Å²) in [5, 5.41) is 4.91. The molecule has 1 heterocycles. The van der Waals surface area contributed by atoms with Gasteiger partial charge in [0.15, 0.2) is 0 Å². The van der Waals surface area contributed by atoms with Gasteiger partial charge in [-0.25, -0.2) is 8.42 Å². The molecule has 2 rings (SSSR count). The number of hydrogen-bond acceptors (Lipinski definition) is 5. The molecule has 0 unspecified atom stereocenters. The van der Waals surface area contributed by atoms with Crippen LogP contribution in [0.25, 0.3) is 10.8 Å². The molecule has 96 valence electrons. The molecular formula is C12H15N3O2S. The van der Waals surface area contributed by atoms with Crippen molar-refractivity contribution in [2.45, 2.75) is 0 Å². The number of anilines is 2. The SMILES string of the molecule is CS(=O)(=O)CCNc1ccc2cnccc2c1N. The predicted octanol–water partition coefficient (Wildman–Crippen LogP) is 1.27. The summed E-state index contributed by atoms with van der Waals surface area (Å²) in [6.45, 7) is 0.347. The fourth-order valence-electron chi connectivity index (χ4n) is 1.72. The summed E-state index contributed by atoms with van der Waals surface area (Å²) in [6.07, 6.45) is 4.63. The summed E-state index contributed by atoms with van der Waals surface area (Å²) in [5.74, 6) is 0.0841. The molecule has 0 bridgehead atoms. The third-order valence-corrected chi connectivity index (χ3v) is 3.60. The molecule has 6 heteroatoms. The van der Waals surface area contributed by atoms with Crippen LogP contribution in [0.4, 0.5) is 11.4 Å². The van der Waals surface area contributed by atoms with E-state index in [-0.39, 0.29) is 5.75 Å². The highest BCUT2D eigenvalue weighted by Gasteiger charge is 2.05. The monoisotopic (exact) mass is 265 g/mol. The quantitative estimate of drug-likeness (QED) is 0.813. The van der Waals surface area contributed by atoms with Gasteiger partial charge in [-0.1, -0.05) is 6.07 Å². The van der Waals surface area contributed by atoms with Gasteiger partial charge in [-0.2, -0.15) is 0 Å². The van der Waals surface area contributed by atoms with Gasteiger partial charge in [0.2, 0.25) is 0 Å². The fourth-order valence-corrected chi connectivity index (χ4v) is 2.19. The molecule has 18 heavy (non-hydrogen) atoms. The molecule has 0 aliphatic rings. The summed E-state index contributed by atoms with van der Waals surface area (Å²) >= 11 is 0. The van der Waals surface area contributed by atoms with Gasteiger partial charge in [0.1, 0.15) is 9.84 Å². The molecule has 0 aliphatic carbocycles. The van der Waals surface area contributed by atoms with Gasteiger partial charge in [0, 0.05) is 36.0 Å². The Labute approximate surface area is 106 Å². The number of nitrogens with one attached hydrogen (secondary N) is 1. The molecule has 5 nitrogen and oxygen atoms in total. The smallest absolute Gasteiger partial charge is 0.149 e. The molecule has 0 saturated carbocycles. The summed E-state index contributed by atoms with van der Waals surface area (Å²) in [7, 11) is -2.96. The topological polar surface area (TPSA) is 85.1 Å². The Hall–Kier alpha value is -1.82. The van der Waals surface area contributed by atoms with Crippen LogP contribution in [0.3, 0.4) is 0 Å². The summed E-state index contributed by atoms with van der Waals surface area (Å²) in [5.41, 5.74) is 7.39. The van der Waals surface area contributed by atoms with E-state index in [0.717, 1.165) is 16.5 Å². The van der Waals surface area contributed by atoms with E-state index in [2.05, 4.69) is 10.3 Å². The highest BCUT2D eigenvalue weighted by molar-refractivity contribution is 7.90. The molecule has 2 aromatic rings. The van der Waals surface area contributed by atoms with E-state index in [9.17, 15) is 8.42 Å². The Kier molecular flexibility index (Phi) is 3.38. The van der Waals surface area contributed by atoms with E-state index in [4.69, 9.17) is 5.73 Å². The van der Waals surface area contributed by atoms with Gasteiger partial charge in [-0.15, -0.1) is 0 Å². The van der Waals surface area contributed by atoms with Crippen molar-refractivity contribution in [3.05, 3.63) is 30.6 Å². The van der Waals surface area contributed by atoms with Crippen LogP contribution in [0, 0.1) is 0 Å². The summed E-state index contributed by atoms with van der Waals surface area (Å²) < 4.78 is 22.1. The van der Waals surface area contributed by atoms with Gasteiger partial charge >= 0.3 is 0 Å².